The Labute approximate surface area is 305 Å². The first-order valence-corrected chi connectivity index (χ1v) is 21.9. The molecule has 265 valence electrons. The van der Waals surface area contributed by atoms with Crippen LogP contribution in [0.5, 0.6) is 0 Å². The summed E-state index contributed by atoms with van der Waals surface area (Å²) in [5.41, 5.74) is 6.72. The fraction of sp³-hybridized carbons (Fsp3) is 0.683. The van der Waals surface area contributed by atoms with Crippen molar-refractivity contribution in [2.75, 3.05) is 38.0 Å². The monoisotopic (exact) mass is 857 g/mol. The van der Waals surface area contributed by atoms with Gasteiger partial charge in [0.05, 0.1) is 0 Å². The minimum Gasteiger partial charge on any atom is -0.378 e. The first-order valence-electron chi connectivity index (χ1n) is 18.9. The first kappa shape index (κ1) is 40.6. The van der Waals surface area contributed by atoms with E-state index in [1.165, 1.54) is 140 Å². The predicted octanol–water partition coefficient (Wildman–Crippen LogP) is 10.9. The van der Waals surface area contributed by atoms with Crippen LogP contribution >= 0.6 is 15.8 Å². The Balaban J connectivity index is 0.000000238. The zero-order valence-corrected chi connectivity index (χ0v) is 34.5. The van der Waals surface area contributed by atoms with Crippen molar-refractivity contribution < 1.29 is 24.9 Å². The third-order valence-electron chi connectivity index (χ3n) is 11.2. The molecule has 0 amide bonds. The molecule has 0 N–H and O–H groups in total. The Morgan fingerprint density at radius 2 is 0.638 bits per heavy atom. The Kier molecular flexibility index (Phi) is 19.1. The van der Waals surface area contributed by atoms with Crippen molar-refractivity contribution in [2.24, 2.45) is 0 Å². The van der Waals surface area contributed by atoms with Crippen LogP contribution in [0.1, 0.15) is 128 Å². The van der Waals surface area contributed by atoms with Crippen LogP contribution in [-0.2, 0) is 24.9 Å². The summed E-state index contributed by atoms with van der Waals surface area (Å²) in [7, 11) is 8.67. The molecule has 4 fully saturated rings. The predicted molar refractivity (Wildman–Crippen MR) is 209 cm³/mol. The zero-order valence-electron chi connectivity index (χ0n) is 30.3. The number of carbonyl (C=O) groups is 1. The van der Waals surface area contributed by atoms with E-state index in [1.54, 1.807) is 10.6 Å². The van der Waals surface area contributed by atoms with Crippen molar-refractivity contribution in [1.29, 1.82) is 0 Å². The van der Waals surface area contributed by atoms with E-state index in [-0.39, 0.29) is 35.9 Å². The van der Waals surface area contributed by atoms with Gasteiger partial charge >= 0.3 is 0 Å². The number of carbonyl (C=O) groups excluding carboxylic acids is 1. The van der Waals surface area contributed by atoms with Gasteiger partial charge < -0.3 is 14.6 Å². The van der Waals surface area contributed by atoms with Gasteiger partial charge in [-0.2, -0.15) is 0 Å². The van der Waals surface area contributed by atoms with Gasteiger partial charge in [-0.3, -0.25) is 0 Å². The number of rotatable bonds is 8. The molecule has 3 nitrogen and oxygen atoms in total. The fourth-order valence-corrected chi connectivity index (χ4v) is 16.3. The van der Waals surface area contributed by atoms with E-state index < -0.39 is 0 Å². The van der Waals surface area contributed by atoms with E-state index >= 15 is 0 Å². The van der Waals surface area contributed by atoms with Gasteiger partial charge in [0.1, 0.15) is 6.79 Å². The third kappa shape index (κ3) is 12.2. The molecule has 2 aromatic carbocycles. The number of hydrogen-bond donors (Lipinski definition) is 0. The molecule has 6 heteroatoms. The van der Waals surface area contributed by atoms with Gasteiger partial charge in [0, 0.05) is 59.7 Å². The molecule has 1 radical (unpaired) electrons. The summed E-state index contributed by atoms with van der Waals surface area (Å²) in [6, 6.07) is 19.2. The standard InChI is InChI=1S/2C20H32NP.CH2O.Ir/c2*1-21(2)17-13-15-20(16-14-17)22(18-9-5-3-6-10-18)19-11-7-4-8-12-19;1-2;/h2*13-16,18-19H,3-12H2,1-2H3;1H2;. The molecule has 47 heavy (non-hydrogen) atoms. The van der Waals surface area contributed by atoms with Gasteiger partial charge in [-0.25, -0.2) is 0 Å². The van der Waals surface area contributed by atoms with E-state index in [2.05, 4.69) is 86.5 Å². The average molecular weight is 857 g/mol. The summed E-state index contributed by atoms with van der Waals surface area (Å²) in [6.45, 7) is 2.00. The van der Waals surface area contributed by atoms with Crippen molar-refractivity contribution in [3.63, 3.8) is 0 Å². The molecular weight excluding hydrogens is 791 g/mol. The smallest absolute Gasteiger partial charge is 0.106 e. The van der Waals surface area contributed by atoms with Crippen LogP contribution in [0.3, 0.4) is 0 Å². The van der Waals surface area contributed by atoms with Gasteiger partial charge in [-0.15, -0.1) is 0 Å². The quantitative estimate of drug-likeness (QED) is 0.247. The number of hydrogen-bond acceptors (Lipinski definition) is 3. The Bertz CT molecular complexity index is 964. The molecular formula is C41H66IrN2OP2. The molecule has 0 saturated heterocycles. The molecule has 4 aliphatic rings. The Morgan fingerprint density at radius 1 is 0.426 bits per heavy atom. The summed E-state index contributed by atoms with van der Waals surface area (Å²) in [4.78, 5) is 12.4. The number of nitrogens with zero attached hydrogens (tertiary/aromatic N) is 2. The fourth-order valence-electron chi connectivity index (χ4n) is 8.72. The summed E-state index contributed by atoms with van der Waals surface area (Å²) in [5, 5.41) is 3.39. The number of benzene rings is 2. The van der Waals surface area contributed by atoms with Crippen LogP contribution in [0.25, 0.3) is 0 Å². The molecule has 4 saturated carbocycles. The molecule has 4 aliphatic carbocycles. The maximum Gasteiger partial charge on any atom is 0.106 e. The Hall–Kier alpha value is -0.781. The van der Waals surface area contributed by atoms with Crippen molar-refractivity contribution in [2.45, 2.75) is 151 Å². The van der Waals surface area contributed by atoms with Crippen molar-refractivity contribution >= 4 is 44.6 Å². The molecule has 0 aromatic heterocycles. The van der Waals surface area contributed by atoms with Gasteiger partial charge in [0.25, 0.3) is 0 Å². The number of anilines is 2. The molecule has 0 atom stereocenters. The SMILES string of the molecule is C=O.CN(C)c1ccc(P(C2CCCCC2)C2CCCCC2)cc1.CN(C)c1ccc(P(C2CCCCC2)C2CCCCC2)cc1.[Ir]. The summed E-state index contributed by atoms with van der Waals surface area (Å²) in [5.74, 6) is 0. The maximum absolute atomic E-state index is 8.00. The van der Waals surface area contributed by atoms with E-state index in [9.17, 15) is 0 Å². The van der Waals surface area contributed by atoms with Gasteiger partial charge in [-0.1, -0.05) is 117 Å². The van der Waals surface area contributed by atoms with E-state index in [1.807, 2.05) is 6.79 Å². The summed E-state index contributed by atoms with van der Waals surface area (Å²) in [6.07, 6.45) is 29.7. The van der Waals surface area contributed by atoms with E-state index in [0.29, 0.717) is 0 Å². The Morgan fingerprint density at radius 3 is 0.830 bits per heavy atom. The van der Waals surface area contributed by atoms with E-state index in [0.717, 1.165) is 22.6 Å². The van der Waals surface area contributed by atoms with Crippen molar-refractivity contribution in [3.05, 3.63) is 48.5 Å². The van der Waals surface area contributed by atoms with Crippen LogP contribution in [0.2, 0.25) is 0 Å². The van der Waals surface area contributed by atoms with Crippen molar-refractivity contribution in [3.8, 4) is 0 Å². The third-order valence-corrected chi connectivity index (χ3v) is 18.2. The zero-order chi connectivity index (χ0) is 32.7. The van der Waals surface area contributed by atoms with Gasteiger partial charge in [0.15, 0.2) is 0 Å². The first-order chi connectivity index (χ1) is 22.5. The van der Waals surface area contributed by atoms with Gasteiger partial charge in [0.2, 0.25) is 0 Å². The molecule has 0 heterocycles. The minimum absolute atomic E-state index is 0. The maximum atomic E-state index is 8.00. The largest absolute Gasteiger partial charge is 0.378 e. The molecule has 0 spiro atoms. The van der Waals surface area contributed by atoms with Crippen LogP contribution < -0.4 is 20.4 Å². The summed E-state index contributed by atoms with van der Waals surface area (Å²) < 4.78 is 0. The topological polar surface area (TPSA) is 23.6 Å². The van der Waals surface area contributed by atoms with Crippen LogP contribution in [0, 0.1) is 0 Å². The minimum atomic E-state index is 0. The second-order valence-electron chi connectivity index (χ2n) is 14.8. The molecule has 6 rings (SSSR count). The molecule has 0 bridgehead atoms. The van der Waals surface area contributed by atoms with E-state index in [4.69, 9.17) is 4.79 Å². The molecule has 0 unspecified atom stereocenters. The second-order valence-corrected chi connectivity index (χ2v) is 20.4. The van der Waals surface area contributed by atoms with Crippen molar-refractivity contribution in [1.82, 2.24) is 0 Å². The average Bonchev–Trinajstić information content (AvgIpc) is 3.12. The van der Waals surface area contributed by atoms with Gasteiger partial charge in [-0.05, 0) is 109 Å². The molecule has 0 aliphatic heterocycles. The van der Waals surface area contributed by atoms with Crippen LogP contribution in [0.4, 0.5) is 11.4 Å². The van der Waals surface area contributed by atoms with Crippen LogP contribution in [0.15, 0.2) is 48.5 Å². The second kappa shape index (κ2) is 22.1. The normalized spacial score (nSPS) is 20.0. The summed E-state index contributed by atoms with van der Waals surface area (Å²) >= 11 is 0. The van der Waals surface area contributed by atoms with Crippen LogP contribution in [-0.4, -0.2) is 57.6 Å². The molecule has 2 aromatic rings.